The Balaban J connectivity index is 1.93. The molecule has 1 aromatic heterocycles. The zero-order valence-electron chi connectivity index (χ0n) is 12.7. The number of hydrogen-bond donors (Lipinski definition) is 2. The van der Waals surface area contributed by atoms with Crippen LogP contribution in [0.25, 0.3) is 0 Å². The van der Waals surface area contributed by atoms with Gasteiger partial charge in [0.2, 0.25) is 5.91 Å². The van der Waals surface area contributed by atoms with Crippen molar-refractivity contribution < 1.29 is 19.1 Å². The molecule has 0 fully saturated rings. The summed E-state index contributed by atoms with van der Waals surface area (Å²) in [7, 11) is 0. The van der Waals surface area contributed by atoms with Crippen LogP contribution in [0.4, 0.5) is 5.69 Å². The van der Waals surface area contributed by atoms with Gasteiger partial charge in [0.05, 0.1) is 4.88 Å². The van der Waals surface area contributed by atoms with Gasteiger partial charge < -0.3 is 15.4 Å². The number of esters is 1. The molecular weight excluding hydrogens is 316 g/mol. The summed E-state index contributed by atoms with van der Waals surface area (Å²) in [4.78, 5) is 35.2. The van der Waals surface area contributed by atoms with E-state index in [0.29, 0.717) is 16.3 Å². The van der Waals surface area contributed by atoms with E-state index in [9.17, 15) is 14.4 Å². The van der Waals surface area contributed by atoms with E-state index >= 15 is 0 Å². The van der Waals surface area contributed by atoms with E-state index in [0.717, 1.165) is 0 Å². The van der Waals surface area contributed by atoms with Gasteiger partial charge in [-0.2, -0.15) is 0 Å². The molecule has 1 heterocycles. The average Bonchev–Trinajstić information content (AvgIpc) is 3.03. The molecule has 0 saturated carbocycles. The molecule has 0 saturated heterocycles. The maximum atomic E-state index is 11.9. The lowest BCUT2D eigenvalue weighted by Gasteiger charge is -2.12. The molecule has 0 spiro atoms. The average molecular weight is 332 g/mol. The van der Waals surface area contributed by atoms with Crippen molar-refractivity contribution in [2.24, 2.45) is 0 Å². The Morgan fingerprint density at radius 3 is 2.39 bits per heavy atom. The van der Waals surface area contributed by atoms with Crippen molar-refractivity contribution >= 4 is 34.8 Å². The topological polar surface area (TPSA) is 84.5 Å². The van der Waals surface area contributed by atoms with Gasteiger partial charge in [0.15, 0.2) is 0 Å². The van der Waals surface area contributed by atoms with E-state index in [1.165, 1.54) is 18.3 Å². The van der Waals surface area contributed by atoms with E-state index < -0.39 is 12.0 Å². The molecule has 7 heteroatoms. The van der Waals surface area contributed by atoms with Crippen molar-refractivity contribution in [3.05, 3.63) is 46.7 Å². The van der Waals surface area contributed by atoms with Gasteiger partial charge in [-0.25, -0.2) is 4.79 Å². The lowest BCUT2D eigenvalue weighted by Crippen LogP contribution is -2.39. The molecule has 2 rings (SSSR count). The zero-order valence-corrected chi connectivity index (χ0v) is 13.5. The summed E-state index contributed by atoms with van der Waals surface area (Å²) >= 11 is 1.35. The maximum absolute atomic E-state index is 11.9. The number of benzene rings is 1. The number of thiophene rings is 1. The fourth-order valence-electron chi connectivity index (χ4n) is 1.78. The second-order valence-corrected chi connectivity index (χ2v) is 5.75. The highest BCUT2D eigenvalue weighted by Gasteiger charge is 2.16. The van der Waals surface area contributed by atoms with Crippen LogP contribution in [0.2, 0.25) is 0 Å². The molecular formula is C16H16N2O4S. The Morgan fingerprint density at radius 1 is 1.13 bits per heavy atom. The smallest absolute Gasteiger partial charge is 0.333 e. The fraction of sp³-hybridized carbons (Fsp3) is 0.188. The van der Waals surface area contributed by atoms with Crippen molar-refractivity contribution in [3.8, 4) is 5.75 Å². The highest BCUT2D eigenvalue weighted by Crippen LogP contribution is 2.18. The number of ether oxygens (including phenoxy) is 1. The van der Waals surface area contributed by atoms with Crippen LogP contribution in [0.1, 0.15) is 23.5 Å². The first-order valence-corrected chi connectivity index (χ1v) is 7.77. The lowest BCUT2D eigenvalue weighted by atomic mass is 10.3. The summed E-state index contributed by atoms with van der Waals surface area (Å²) in [6, 6.07) is 9.22. The molecule has 0 aliphatic rings. The zero-order chi connectivity index (χ0) is 16.8. The molecule has 2 aromatic rings. The highest BCUT2D eigenvalue weighted by molar-refractivity contribution is 7.12. The van der Waals surface area contributed by atoms with E-state index in [-0.39, 0.29) is 11.8 Å². The van der Waals surface area contributed by atoms with Crippen LogP contribution in [0.5, 0.6) is 5.75 Å². The van der Waals surface area contributed by atoms with Gasteiger partial charge in [0, 0.05) is 12.6 Å². The van der Waals surface area contributed by atoms with Crippen molar-refractivity contribution in [2.45, 2.75) is 19.9 Å². The normalized spacial score (nSPS) is 11.4. The summed E-state index contributed by atoms with van der Waals surface area (Å²) in [6.07, 6.45) is 0. The summed E-state index contributed by atoms with van der Waals surface area (Å²) < 4.78 is 5.14. The molecule has 0 radical (unpaired) electrons. The number of hydrogen-bond acceptors (Lipinski definition) is 5. The molecule has 2 N–H and O–H groups in total. The van der Waals surface area contributed by atoms with Gasteiger partial charge in [-0.15, -0.1) is 11.3 Å². The Bertz CT molecular complexity index is 695. The molecule has 1 atom stereocenters. The van der Waals surface area contributed by atoms with Crippen LogP contribution >= 0.6 is 11.3 Å². The molecule has 1 aromatic carbocycles. The van der Waals surface area contributed by atoms with Gasteiger partial charge in [-0.1, -0.05) is 6.07 Å². The van der Waals surface area contributed by atoms with Gasteiger partial charge in [0.1, 0.15) is 11.8 Å². The largest absolute Gasteiger partial charge is 0.425 e. The Kier molecular flexibility index (Phi) is 5.48. The summed E-state index contributed by atoms with van der Waals surface area (Å²) in [5.74, 6) is -0.720. The maximum Gasteiger partial charge on any atom is 0.333 e. The van der Waals surface area contributed by atoms with Gasteiger partial charge in [-0.3, -0.25) is 9.59 Å². The summed E-state index contributed by atoms with van der Waals surface area (Å²) in [5, 5.41) is 7.02. The summed E-state index contributed by atoms with van der Waals surface area (Å²) in [6.45, 7) is 2.87. The number of rotatable bonds is 5. The second kappa shape index (κ2) is 7.55. The van der Waals surface area contributed by atoms with E-state index in [1.807, 2.05) is 5.38 Å². The fourth-order valence-corrected chi connectivity index (χ4v) is 2.39. The minimum absolute atomic E-state index is 0.191. The number of carbonyl (C=O) groups excluding carboxylic acids is 3. The molecule has 1 unspecified atom stereocenters. The van der Waals surface area contributed by atoms with Crippen molar-refractivity contribution in [2.75, 3.05) is 5.32 Å². The third-order valence-corrected chi connectivity index (χ3v) is 3.72. The van der Waals surface area contributed by atoms with Crippen LogP contribution in [-0.4, -0.2) is 23.8 Å². The predicted molar refractivity (Wildman–Crippen MR) is 87.6 cm³/mol. The SMILES string of the molecule is CC(=O)NC(C)C(=O)Oc1ccc(NC(=O)c2cccs2)cc1. The monoisotopic (exact) mass is 332 g/mol. The molecule has 120 valence electrons. The van der Waals surface area contributed by atoms with E-state index in [1.54, 1.807) is 43.3 Å². The standard InChI is InChI=1S/C16H16N2O4S/c1-10(17-11(2)19)16(21)22-13-7-5-12(6-8-13)18-15(20)14-4-3-9-23-14/h3-10H,1-2H3,(H,17,19)(H,18,20). The Morgan fingerprint density at radius 2 is 1.83 bits per heavy atom. The third-order valence-electron chi connectivity index (χ3n) is 2.85. The quantitative estimate of drug-likeness (QED) is 0.650. The minimum Gasteiger partial charge on any atom is -0.425 e. The van der Waals surface area contributed by atoms with Crippen LogP contribution in [-0.2, 0) is 9.59 Å². The van der Waals surface area contributed by atoms with Gasteiger partial charge in [-0.05, 0) is 42.6 Å². The van der Waals surface area contributed by atoms with Crippen LogP contribution < -0.4 is 15.4 Å². The van der Waals surface area contributed by atoms with Crippen molar-refractivity contribution in [1.82, 2.24) is 5.32 Å². The van der Waals surface area contributed by atoms with Crippen molar-refractivity contribution in [1.29, 1.82) is 0 Å². The number of carbonyl (C=O) groups is 3. The summed E-state index contributed by atoms with van der Waals surface area (Å²) in [5.41, 5.74) is 0.595. The molecule has 23 heavy (non-hydrogen) atoms. The second-order valence-electron chi connectivity index (χ2n) is 4.80. The number of nitrogens with one attached hydrogen (secondary N) is 2. The van der Waals surface area contributed by atoms with Crippen LogP contribution in [0.15, 0.2) is 41.8 Å². The first-order chi connectivity index (χ1) is 11.0. The van der Waals surface area contributed by atoms with Crippen LogP contribution in [0.3, 0.4) is 0 Å². The van der Waals surface area contributed by atoms with Crippen molar-refractivity contribution in [3.63, 3.8) is 0 Å². The molecule has 0 bridgehead atoms. The van der Waals surface area contributed by atoms with Gasteiger partial charge >= 0.3 is 5.97 Å². The number of anilines is 1. The first kappa shape index (κ1) is 16.7. The van der Waals surface area contributed by atoms with E-state index in [4.69, 9.17) is 4.74 Å². The Labute approximate surface area is 137 Å². The Hall–Kier alpha value is -2.67. The predicted octanol–water partition coefficient (Wildman–Crippen LogP) is 2.43. The van der Waals surface area contributed by atoms with Crippen LogP contribution in [0, 0.1) is 0 Å². The molecule has 2 amide bonds. The minimum atomic E-state index is -0.731. The van der Waals surface area contributed by atoms with E-state index in [2.05, 4.69) is 10.6 Å². The molecule has 0 aliphatic heterocycles. The van der Waals surface area contributed by atoms with Gasteiger partial charge in [0.25, 0.3) is 5.91 Å². The highest BCUT2D eigenvalue weighted by atomic mass is 32.1. The number of amides is 2. The lowest BCUT2D eigenvalue weighted by molar-refractivity contribution is -0.138. The molecule has 0 aliphatic carbocycles. The molecule has 6 nitrogen and oxygen atoms in total. The first-order valence-electron chi connectivity index (χ1n) is 6.89. The third kappa shape index (κ3) is 4.93.